The number of ether oxygens (including phenoxy) is 1. The molecular formula is C21H27N5OS. The Morgan fingerprint density at radius 1 is 1.29 bits per heavy atom. The van der Waals surface area contributed by atoms with Crippen molar-refractivity contribution in [3.63, 3.8) is 0 Å². The molecular weight excluding hydrogens is 370 g/mol. The highest BCUT2D eigenvalue weighted by atomic mass is 32.1. The highest BCUT2D eigenvalue weighted by molar-refractivity contribution is 7.17. The van der Waals surface area contributed by atoms with Crippen molar-refractivity contribution in [3.8, 4) is 6.07 Å². The van der Waals surface area contributed by atoms with Crippen LogP contribution < -0.4 is 10.6 Å². The predicted molar refractivity (Wildman–Crippen MR) is 112 cm³/mol. The van der Waals surface area contributed by atoms with Gasteiger partial charge in [-0.05, 0) is 44.7 Å². The molecule has 148 valence electrons. The van der Waals surface area contributed by atoms with Gasteiger partial charge < -0.3 is 15.4 Å². The third-order valence-electron chi connectivity index (χ3n) is 6.59. The summed E-state index contributed by atoms with van der Waals surface area (Å²) in [5, 5.41) is 9.36. The number of nitrogens with two attached hydrogens (primary N) is 1. The van der Waals surface area contributed by atoms with E-state index in [1.807, 2.05) is 11.6 Å². The fraction of sp³-hybridized carbons (Fsp3) is 0.619. The van der Waals surface area contributed by atoms with Crippen molar-refractivity contribution in [2.45, 2.75) is 62.9 Å². The average Bonchev–Trinajstić information content (AvgIpc) is 3.24. The summed E-state index contributed by atoms with van der Waals surface area (Å²) in [5.41, 5.74) is 10.7. The number of thiazole rings is 1. The summed E-state index contributed by atoms with van der Waals surface area (Å²) < 4.78 is 7.46. The van der Waals surface area contributed by atoms with E-state index >= 15 is 0 Å². The average molecular weight is 398 g/mol. The largest absolute Gasteiger partial charge is 0.370 e. The topological polar surface area (TPSA) is 78.4 Å². The molecule has 1 aromatic carbocycles. The summed E-state index contributed by atoms with van der Waals surface area (Å²) in [6, 6.07) is 7.88. The van der Waals surface area contributed by atoms with Crippen molar-refractivity contribution in [2.75, 3.05) is 24.5 Å². The van der Waals surface area contributed by atoms with Crippen molar-refractivity contribution < 1.29 is 4.74 Å². The zero-order chi connectivity index (χ0) is 19.3. The van der Waals surface area contributed by atoms with Gasteiger partial charge in [-0.1, -0.05) is 0 Å². The maximum absolute atomic E-state index is 9.36. The Kier molecular flexibility index (Phi) is 4.76. The summed E-state index contributed by atoms with van der Waals surface area (Å²) in [6.07, 6.45) is 5.18. The van der Waals surface area contributed by atoms with Gasteiger partial charge in [0.05, 0.1) is 33.7 Å². The highest BCUT2D eigenvalue weighted by Crippen LogP contribution is 2.37. The van der Waals surface area contributed by atoms with E-state index in [4.69, 9.17) is 10.5 Å². The molecule has 0 saturated carbocycles. The molecule has 4 heterocycles. The Morgan fingerprint density at radius 2 is 2.07 bits per heavy atom. The molecule has 6 nitrogen and oxygen atoms in total. The molecule has 5 rings (SSSR count). The number of morpholine rings is 1. The van der Waals surface area contributed by atoms with Gasteiger partial charge in [-0.3, -0.25) is 4.90 Å². The summed E-state index contributed by atoms with van der Waals surface area (Å²) in [7, 11) is 0. The van der Waals surface area contributed by atoms with Gasteiger partial charge in [0.1, 0.15) is 11.6 Å². The second kappa shape index (κ2) is 7.27. The summed E-state index contributed by atoms with van der Waals surface area (Å²) in [5.74, 6) is 0. The van der Waals surface area contributed by atoms with Crippen molar-refractivity contribution in [2.24, 2.45) is 5.73 Å². The smallest absolute Gasteiger partial charge is 0.101 e. The van der Waals surface area contributed by atoms with Gasteiger partial charge in [-0.15, -0.1) is 11.3 Å². The third-order valence-corrected chi connectivity index (χ3v) is 7.43. The first-order valence-corrected chi connectivity index (χ1v) is 11.2. The van der Waals surface area contributed by atoms with Crippen LogP contribution in [0.1, 0.15) is 38.2 Å². The lowest BCUT2D eigenvalue weighted by Gasteiger charge is -2.43. The minimum atomic E-state index is 0.182. The standard InChI is InChI=1S/C21H27N5OS/c1-13-9-25(19-5-2-14(8-22)20-21(19)28-12-24-20)10-18(27-13)11-26-16-3-4-17(26)7-15(23)6-16/h2,5,12-13,15-18H,3-4,6-7,9-11,23H2,1H3/t13-,15-,16-,17+,18-/m1/s1. The van der Waals surface area contributed by atoms with Crippen molar-refractivity contribution >= 4 is 27.2 Å². The molecule has 0 unspecified atom stereocenters. The first-order chi connectivity index (χ1) is 13.6. The number of anilines is 1. The molecule has 0 radical (unpaired) electrons. The van der Waals surface area contributed by atoms with Gasteiger partial charge in [-0.2, -0.15) is 5.26 Å². The molecule has 5 atom stereocenters. The Bertz CT molecular complexity index is 894. The van der Waals surface area contributed by atoms with Crippen molar-refractivity contribution in [1.82, 2.24) is 9.88 Å². The van der Waals surface area contributed by atoms with E-state index in [9.17, 15) is 5.26 Å². The minimum Gasteiger partial charge on any atom is -0.370 e. The Morgan fingerprint density at radius 3 is 2.82 bits per heavy atom. The molecule has 3 fully saturated rings. The van der Waals surface area contributed by atoms with Crippen LogP contribution in [-0.4, -0.2) is 59.9 Å². The number of nitriles is 1. The molecule has 3 saturated heterocycles. The fourth-order valence-corrected chi connectivity index (χ4v) is 6.32. The molecule has 3 aliphatic heterocycles. The van der Waals surface area contributed by atoms with Crippen LogP contribution in [0.25, 0.3) is 10.2 Å². The van der Waals surface area contributed by atoms with Crippen molar-refractivity contribution in [1.29, 1.82) is 5.26 Å². The van der Waals surface area contributed by atoms with Gasteiger partial charge in [0.2, 0.25) is 0 Å². The van der Waals surface area contributed by atoms with Crippen LogP contribution in [0.2, 0.25) is 0 Å². The van der Waals surface area contributed by atoms with Gasteiger partial charge >= 0.3 is 0 Å². The van der Waals surface area contributed by atoms with E-state index in [1.165, 1.54) is 18.5 Å². The van der Waals surface area contributed by atoms with Crippen LogP contribution in [0.3, 0.4) is 0 Å². The predicted octanol–water partition coefficient (Wildman–Crippen LogP) is 2.72. The van der Waals surface area contributed by atoms with E-state index in [2.05, 4.69) is 33.8 Å². The number of fused-ring (bicyclic) bond motifs is 3. The SMILES string of the molecule is C[C@@H]1CN(c2ccc(C#N)c3ncsc23)C[C@H](CN2[C@@H]3CC[C@H]2C[C@H](N)C3)O1. The zero-order valence-electron chi connectivity index (χ0n) is 16.3. The van der Waals surface area contributed by atoms with E-state index < -0.39 is 0 Å². The van der Waals surface area contributed by atoms with E-state index in [-0.39, 0.29) is 12.2 Å². The van der Waals surface area contributed by atoms with E-state index in [0.29, 0.717) is 23.7 Å². The number of piperidine rings is 1. The Hall–Kier alpha value is -1.72. The molecule has 7 heteroatoms. The fourth-order valence-electron chi connectivity index (χ4n) is 5.47. The number of hydrogen-bond donors (Lipinski definition) is 1. The number of aromatic nitrogens is 1. The first-order valence-electron chi connectivity index (χ1n) is 10.3. The van der Waals surface area contributed by atoms with Gasteiger partial charge in [0.25, 0.3) is 0 Å². The maximum Gasteiger partial charge on any atom is 0.101 e. The second-order valence-electron chi connectivity index (χ2n) is 8.56. The normalized spacial score (nSPS) is 33.3. The molecule has 2 bridgehead atoms. The zero-order valence-corrected chi connectivity index (χ0v) is 17.1. The molecule has 0 amide bonds. The van der Waals surface area contributed by atoms with Crippen LogP contribution in [0.4, 0.5) is 5.69 Å². The maximum atomic E-state index is 9.36. The number of benzene rings is 1. The monoisotopic (exact) mass is 397 g/mol. The minimum absolute atomic E-state index is 0.182. The van der Waals surface area contributed by atoms with E-state index in [1.54, 1.807) is 11.3 Å². The molecule has 3 aliphatic rings. The third kappa shape index (κ3) is 3.18. The molecule has 2 aromatic rings. The van der Waals surface area contributed by atoms with Gasteiger partial charge in [0, 0.05) is 37.8 Å². The molecule has 2 N–H and O–H groups in total. The number of rotatable bonds is 3. The molecule has 0 spiro atoms. The molecule has 1 aromatic heterocycles. The second-order valence-corrected chi connectivity index (χ2v) is 9.42. The quantitative estimate of drug-likeness (QED) is 0.858. The lowest BCUT2D eigenvalue weighted by atomic mass is 9.97. The summed E-state index contributed by atoms with van der Waals surface area (Å²) in [6.45, 7) is 4.90. The lowest BCUT2D eigenvalue weighted by Crippen LogP contribution is -2.55. The summed E-state index contributed by atoms with van der Waals surface area (Å²) >= 11 is 1.62. The number of nitrogens with zero attached hydrogens (tertiary/aromatic N) is 4. The Labute approximate surface area is 169 Å². The highest BCUT2D eigenvalue weighted by Gasteiger charge is 2.41. The van der Waals surface area contributed by atoms with E-state index in [0.717, 1.165) is 42.7 Å². The number of hydrogen-bond acceptors (Lipinski definition) is 7. The molecule has 0 aliphatic carbocycles. The molecule has 28 heavy (non-hydrogen) atoms. The van der Waals surface area contributed by atoms with Crippen LogP contribution in [0, 0.1) is 11.3 Å². The van der Waals surface area contributed by atoms with Crippen LogP contribution in [0.5, 0.6) is 0 Å². The Balaban J connectivity index is 1.37. The van der Waals surface area contributed by atoms with Crippen molar-refractivity contribution in [3.05, 3.63) is 23.2 Å². The van der Waals surface area contributed by atoms with Gasteiger partial charge in [0.15, 0.2) is 0 Å². The lowest BCUT2D eigenvalue weighted by molar-refractivity contribution is -0.0447. The van der Waals surface area contributed by atoms with Crippen LogP contribution >= 0.6 is 11.3 Å². The van der Waals surface area contributed by atoms with Crippen LogP contribution in [-0.2, 0) is 4.74 Å². The van der Waals surface area contributed by atoms with Gasteiger partial charge in [-0.25, -0.2) is 4.98 Å². The summed E-state index contributed by atoms with van der Waals surface area (Å²) in [4.78, 5) is 9.53. The van der Waals surface area contributed by atoms with Crippen LogP contribution in [0.15, 0.2) is 17.6 Å². The first kappa shape index (κ1) is 18.3.